The lowest BCUT2D eigenvalue weighted by Gasteiger charge is -2.04. The zero-order chi connectivity index (χ0) is 13.5. The molecule has 0 saturated heterocycles. The first-order valence-corrected chi connectivity index (χ1v) is 6.27. The summed E-state index contributed by atoms with van der Waals surface area (Å²) >= 11 is 0. The molecule has 3 aromatic rings. The van der Waals surface area contributed by atoms with Crippen molar-refractivity contribution in [3.8, 4) is 22.6 Å². The zero-order valence-electron chi connectivity index (χ0n) is 10.6. The standard InChI is InChI=1S/C14H12N4O2/c15-4-10-6-18-7-16-5-11(14(18)17-10)9-1-2-12-13(3-9)20-8-19-12/h1-3,5-7H,4,8,15H2. The molecule has 0 amide bonds. The monoisotopic (exact) mass is 268 g/mol. The number of nitrogens with zero attached hydrogens (tertiary/aromatic N) is 3. The Morgan fingerprint density at radius 1 is 1.25 bits per heavy atom. The summed E-state index contributed by atoms with van der Waals surface area (Å²) in [6.45, 7) is 0.671. The van der Waals surface area contributed by atoms with E-state index >= 15 is 0 Å². The minimum absolute atomic E-state index is 0.266. The second-order valence-corrected chi connectivity index (χ2v) is 4.54. The van der Waals surface area contributed by atoms with Gasteiger partial charge in [0.15, 0.2) is 11.5 Å². The molecule has 0 atom stereocenters. The van der Waals surface area contributed by atoms with Crippen LogP contribution in [0, 0.1) is 0 Å². The number of nitrogens with two attached hydrogens (primary N) is 1. The first-order chi connectivity index (χ1) is 9.85. The maximum atomic E-state index is 5.64. The molecule has 0 fully saturated rings. The Labute approximate surface area is 114 Å². The highest BCUT2D eigenvalue weighted by molar-refractivity contribution is 5.78. The number of ether oxygens (including phenoxy) is 2. The van der Waals surface area contributed by atoms with Crippen molar-refractivity contribution in [2.24, 2.45) is 5.73 Å². The Morgan fingerprint density at radius 3 is 3.05 bits per heavy atom. The second-order valence-electron chi connectivity index (χ2n) is 4.54. The minimum Gasteiger partial charge on any atom is -0.454 e. The number of imidazole rings is 1. The third-order valence-electron chi connectivity index (χ3n) is 3.31. The van der Waals surface area contributed by atoms with Gasteiger partial charge in [-0.15, -0.1) is 0 Å². The van der Waals surface area contributed by atoms with E-state index in [4.69, 9.17) is 15.2 Å². The molecule has 1 aliphatic heterocycles. The van der Waals surface area contributed by atoms with E-state index in [1.165, 1.54) is 0 Å². The largest absolute Gasteiger partial charge is 0.454 e. The molecule has 0 bridgehead atoms. The molecule has 2 N–H and O–H groups in total. The van der Waals surface area contributed by atoms with Gasteiger partial charge in [0.1, 0.15) is 12.0 Å². The molecule has 100 valence electrons. The number of rotatable bonds is 2. The molecular formula is C14H12N4O2. The molecular weight excluding hydrogens is 256 g/mol. The highest BCUT2D eigenvalue weighted by Crippen LogP contribution is 2.36. The Balaban J connectivity index is 1.91. The number of hydrogen-bond donors (Lipinski definition) is 1. The molecule has 6 heteroatoms. The van der Waals surface area contributed by atoms with Gasteiger partial charge in [-0.3, -0.25) is 4.40 Å². The van der Waals surface area contributed by atoms with Crippen molar-refractivity contribution in [3.63, 3.8) is 0 Å². The summed E-state index contributed by atoms with van der Waals surface area (Å²) in [7, 11) is 0. The number of hydrogen-bond acceptors (Lipinski definition) is 5. The van der Waals surface area contributed by atoms with Crippen molar-refractivity contribution in [2.75, 3.05) is 6.79 Å². The van der Waals surface area contributed by atoms with Crippen molar-refractivity contribution in [2.45, 2.75) is 6.54 Å². The van der Waals surface area contributed by atoms with E-state index in [9.17, 15) is 0 Å². The van der Waals surface area contributed by atoms with Gasteiger partial charge < -0.3 is 15.2 Å². The Bertz CT molecular complexity index is 797. The van der Waals surface area contributed by atoms with Crippen LogP contribution >= 0.6 is 0 Å². The first kappa shape index (κ1) is 11.2. The van der Waals surface area contributed by atoms with Crippen LogP contribution in [0.4, 0.5) is 0 Å². The Kier molecular flexibility index (Phi) is 2.37. The summed E-state index contributed by atoms with van der Waals surface area (Å²) in [5.74, 6) is 1.51. The van der Waals surface area contributed by atoms with Crippen LogP contribution in [-0.2, 0) is 6.54 Å². The summed E-state index contributed by atoms with van der Waals surface area (Å²) in [4.78, 5) is 8.77. The van der Waals surface area contributed by atoms with Crippen molar-refractivity contribution in [3.05, 3.63) is 42.6 Å². The number of benzene rings is 1. The highest BCUT2D eigenvalue weighted by Gasteiger charge is 2.15. The molecule has 20 heavy (non-hydrogen) atoms. The summed E-state index contributed by atoms with van der Waals surface area (Å²) in [6, 6.07) is 5.81. The summed E-state index contributed by atoms with van der Waals surface area (Å²) in [5, 5.41) is 0. The normalized spacial score (nSPS) is 13.1. The topological polar surface area (TPSA) is 74.7 Å². The van der Waals surface area contributed by atoms with Crippen LogP contribution in [0.2, 0.25) is 0 Å². The molecule has 3 heterocycles. The zero-order valence-corrected chi connectivity index (χ0v) is 10.6. The number of aromatic nitrogens is 3. The lowest BCUT2D eigenvalue weighted by molar-refractivity contribution is 0.174. The SMILES string of the molecule is NCc1cn2cncc(-c3ccc4c(c3)OCO4)c2n1. The van der Waals surface area contributed by atoms with Gasteiger partial charge in [0.05, 0.1) is 5.69 Å². The van der Waals surface area contributed by atoms with Crippen molar-refractivity contribution < 1.29 is 9.47 Å². The van der Waals surface area contributed by atoms with Gasteiger partial charge in [-0.25, -0.2) is 9.97 Å². The van der Waals surface area contributed by atoms with E-state index in [0.717, 1.165) is 34.0 Å². The molecule has 1 aromatic carbocycles. The van der Waals surface area contributed by atoms with Crippen LogP contribution < -0.4 is 15.2 Å². The average Bonchev–Trinajstić information content (AvgIpc) is 3.11. The summed E-state index contributed by atoms with van der Waals surface area (Å²) in [6.07, 6.45) is 5.40. The summed E-state index contributed by atoms with van der Waals surface area (Å²) in [5.41, 5.74) is 9.23. The lowest BCUT2D eigenvalue weighted by Crippen LogP contribution is -1.95. The van der Waals surface area contributed by atoms with Crippen LogP contribution in [0.15, 0.2) is 36.9 Å². The predicted octanol–water partition coefficient (Wildman–Crippen LogP) is 1.58. The van der Waals surface area contributed by atoms with Gasteiger partial charge in [-0.2, -0.15) is 0 Å². The van der Waals surface area contributed by atoms with E-state index in [-0.39, 0.29) is 6.79 Å². The molecule has 0 unspecified atom stereocenters. The molecule has 2 aromatic heterocycles. The fourth-order valence-corrected chi connectivity index (χ4v) is 2.34. The maximum absolute atomic E-state index is 5.64. The predicted molar refractivity (Wildman–Crippen MR) is 72.4 cm³/mol. The van der Waals surface area contributed by atoms with E-state index in [2.05, 4.69) is 9.97 Å². The van der Waals surface area contributed by atoms with Gasteiger partial charge in [-0.05, 0) is 17.7 Å². The van der Waals surface area contributed by atoms with Gasteiger partial charge in [0.25, 0.3) is 0 Å². The van der Waals surface area contributed by atoms with Crippen LogP contribution in [0.25, 0.3) is 16.8 Å². The first-order valence-electron chi connectivity index (χ1n) is 6.27. The van der Waals surface area contributed by atoms with Crippen LogP contribution in [-0.4, -0.2) is 21.2 Å². The van der Waals surface area contributed by atoms with Gasteiger partial charge in [-0.1, -0.05) is 6.07 Å². The smallest absolute Gasteiger partial charge is 0.231 e. The Hall–Kier alpha value is -2.60. The molecule has 4 rings (SSSR count). The fraction of sp³-hybridized carbons (Fsp3) is 0.143. The minimum atomic E-state index is 0.266. The average molecular weight is 268 g/mol. The van der Waals surface area contributed by atoms with Crippen molar-refractivity contribution >= 4 is 5.65 Å². The lowest BCUT2D eigenvalue weighted by atomic mass is 10.1. The van der Waals surface area contributed by atoms with Crippen molar-refractivity contribution in [1.29, 1.82) is 0 Å². The third kappa shape index (κ3) is 1.62. The Morgan fingerprint density at radius 2 is 2.15 bits per heavy atom. The van der Waals surface area contributed by atoms with Crippen molar-refractivity contribution in [1.82, 2.24) is 14.4 Å². The third-order valence-corrected chi connectivity index (χ3v) is 3.31. The van der Waals surface area contributed by atoms with Gasteiger partial charge >= 0.3 is 0 Å². The van der Waals surface area contributed by atoms with Crippen LogP contribution in [0.5, 0.6) is 11.5 Å². The fourth-order valence-electron chi connectivity index (χ4n) is 2.34. The molecule has 0 spiro atoms. The molecule has 0 radical (unpaired) electrons. The van der Waals surface area contributed by atoms with Gasteiger partial charge in [0, 0.05) is 24.5 Å². The van der Waals surface area contributed by atoms with Crippen LogP contribution in [0.1, 0.15) is 5.69 Å². The molecule has 6 nitrogen and oxygen atoms in total. The van der Waals surface area contributed by atoms with E-state index in [1.807, 2.05) is 28.8 Å². The quantitative estimate of drug-likeness (QED) is 0.763. The molecule has 1 aliphatic rings. The number of fused-ring (bicyclic) bond motifs is 2. The highest BCUT2D eigenvalue weighted by atomic mass is 16.7. The van der Waals surface area contributed by atoms with Crippen LogP contribution in [0.3, 0.4) is 0 Å². The van der Waals surface area contributed by atoms with E-state index in [1.54, 1.807) is 12.5 Å². The van der Waals surface area contributed by atoms with Gasteiger partial charge in [0.2, 0.25) is 6.79 Å². The molecule has 0 saturated carbocycles. The van der Waals surface area contributed by atoms with E-state index < -0.39 is 0 Å². The maximum Gasteiger partial charge on any atom is 0.231 e. The second kappa shape index (κ2) is 4.21. The molecule has 0 aliphatic carbocycles. The summed E-state index contributed by atoms with van der Waals surface area (Å²) < 4.78 is 12.6. The van der Waals surface area contributed by atoms with E-state index in [0.29, 0.717) is 6.54 Å².